The highest BCUT2D eigenvalue weighted by atomic mass is 35.5. The maximum atomic E-state index is 13.3. The van der Waals surface area contributed by atoms with Crippen LogP contribution >= 0.6 is 11.6 Å². The van der Waals surface area contributed by atoms with Crippen LogP contribution in [-0.2, 0) is 0 Å². The van der Waals surface area contributed by atoms with Crippen LogP contribution in [0.3, 0.4) is 0 Å². The van der Waals surface area contributed by atoms with Crippen LogP contribution in [-0.4, -0.2) is 37.0 Å². The van der Waals surface area contributed by atoms with Gasteiger partial charge in [0.25, 0.3) is 5.91 Å². The van der Waals surface area contributed by atoms with Crippen molar-refractivity contribution in [1.29, 1.82) is 0 Å². The summed E-state index contributed by atoms with van der Waals surface area (Å²) in [4.78, 5) is 13.8. The van der Waals surface area contributed by atoms with E-state index in [1.54, 1.807) is 11.0 Å². The molecule has 92 valence electrons. The highest BCUT2D eigenvalue weighted by molar-refractivity contribution is 6.30. The minimum atomic E-state index is -0.550. The molecule has 0 saturated carbocycles. The van der Waals surface area contributed by atoms with Gasteiger partial charge in [0.05, 0.1) is 5.02 Å². The average molecular weight is 257 g/mol. The quantitative estimate of drug-likeness (QED) is 0.833. The first-order valence-corrected chi connectivity index (χ1v) is 6.01. The Kier molecular flexibility index (Phi) is 3.97. The van der Waals surface area contributed by atoms with Crippen molar-refractivity contribution >= 4 is 17.5 Å². The van der Waals surface area contributed by atoms with E-state index in [1.807, 2.05) is 0 Å². The predicted octanol–water partition coefficient (Wildman–Crippen LogP) is 1.91. The van der Waals surface area contributed by atoms with Gasteiger partial charge in [-0.2, -0.15) is 0 Å². The van der Waals surface area contributed by atoms with E-state index in [9.17, 15) is 9.18 Å². The van der Waals surface area contributed by atoms with Crippen molar-refractivity contribution in [3.63, 3.8) is 0 Å². The molecule has 0 aromatic heterocycles. The molecule has 5 heteroatoms. The zero-order chi connectivity index (χ0) is 12.3. The van der Waals surface area contributed by atoms with Gasteiger partial charge >= 0.3 is 0 Å². The van der Waals surface area contributed by atoms with E-state index in [2.05, 4.69) is 5.32 Å². The number of benzene rings is 1. The molecule has 0 bridgehead atoms. The van der Waals surface area contributed by atoms with Gasteiger partial charge in [0, 0.05) is 25.2 Å². The molecule has 0 radical (unpaired) electrons. The maximum absolute atomic E-state index is 13.3. The first kappa shape index (κ1) is 12.3. The fourth-order valence-corrected chi connectivity index (χ4v) is 1.98. The molecule has 1 heterocycles. The second kappa shape index (κ2) is 5.47. The van der Waals surface area contributed by atoms with E-state index >= 15 is 0 Å². The summed E-state index contributed by atoms with van der Waals surface area (Å²) in [5, 5.41) is 3.26. The van der Waals surface area contributed by atoms with Gasteiger partial charge in [-0.25, -0.2) is 4.39 Å². The molecular weight excluding hydrogens is 243 g/mol. The molecule has 0 atom stereocenters. The highest BCUT2D eigenvalue weighted by Gasteiger charge is 2.17. The molecule has 1 saturated heterocycles. The number of nitrogens with zero attached hydrogens (tertiary/aromatic N) is 1. The summed E-state index contributed by atoms with van der Waals surface area (Å²) in [6.07, 6.45) is 0.918. The molecule has 1 aliphatic heterocycles. The van der Waals surface area contributed by atoms with Gasteiger partial charge in [-0.3, -0.25) is 4.79 Å². The predicted molar refractivity (Wildman–Crippen MR) is 64.8 cm³/mol. The Labute approximate surface area is 105 Å². The van der Waals surface area contributed by atoms with Crippen molar-refractivity contribution < 1.29 is 9.18 Å². The Morgan fingerprint density at radius 3 is 2.94 bits per heavy atom. The molecule has 0 unspecified atom stereocenters. The summed E-state index contributed by atoms with van der Waals surface area (Å²) >= 11 is 5.59. The monoisotopic (exact) mass is 256 g/mol. The largest absolute Gasteiger partial charge is 0.337 e. The average Bonchev–Trinajstić information content (AvgIpc) is 2.60. The third-order valence-electron chi connectivity index (χ3n) is 2.79. The number of halogens is 2. The van der Waals surface area contributed by atoms with Crippen LogP contribution < -0.4 is 5.32 Å². The first-order chi connectivity index (χ1) is 8.18. The SMILES string of the molecule is O=C(c1ccc(Cl)c(F)c1)N1CCCNCC1. The first-order valence-electron chi connectivity index (χ1n) is 5.63. The fourth-order valence-electron chi connectivity index (χ4n) is 1.86. The van der Waals surface area contributed by atoms with Gasteiger partial charge in [-0.05, 0) is 31.2 Å². The number of carbonyl (C=O) groups excluding carboxylic acids is 1. The Morgan fingerprint density at radius 2 is 2.18 bits per heavy atom. The summed E-state index contributed by atoms with van der Waals surface area (Å²) in [6, 6.07) is 4.18. The molecule has 1 fully saturated rings. The Morgan fingerprint density at radius 1 is 1.35 bits per heavy atom. The lowest BCUT2D eigenvalue weighted by molar-refractivity contribution is 0.0766. The van der Waals surface area contributed by atoms with Crippen molar-refractivity contribution in [2.24, 2.45) is 0 Å². The number of hydrogen-bond donors (Lipinski definition) is 1. The highest BCUT2D eigenvalue weighted by Crippen LogP contribution is 2.17. The van der Waals surface area contributed by atoms with Gasteiger partial charge < -0.3 is 10.2 Å². The minimum absolute atomic E-state index is 0.0408. The summed E-state index contributed by atoms with van der Waals surface area (Å²) < 4.78 is 13.3. The lowest BCUT2D eigenvalue weighted by Crippen LogP contribution is -2.34. The second-order valence-corrected chi connectivity index (χ2v) is 4.43. The van der Waals surface area contributed by atoms with Crippen LogP contribution in [0.15, 0.2) is 18.2 Å². The molecule has 1 aliphatic rings. The van der Waals surface area contributed by atoms with Gasteiger partial charge in [0.15, 0.2) is 0 Å². The summed E-state index contributed by atoms with van der Waals surface area (Å²) in [5.74, 6) is -0.685. The molecule has 0 aliphatic carbocycles. The van der Waals surface area contributed by atoms with Gasteiger partial charge in [-0.15, -0.1) is 0 Å². The standard InChI is InChI=1S/C12H14ClFN2O/c13-10-3-2-9(8-11(10)14)12(17)16-6-1-4-15-5-7-16/h2-3,8,15H,1,4-7H2. The Bertz CT molecular complexity index is 417. The van der Waals surface area contributed by atoms with E-state index in [4.69, 9.17) is 11.6 Å². The van der Waals surface area contributed by atoms with Crippen molar-refractivity contribution in [2.75, 3.05) is 26.2 Å². The smallest absolute Gasteiger partial charge is 0.254 e. The molecule has 1 N–H and O–H groups in total. The third-order valence-corrected chi connectivity index (χ3v) is 3.10. The molecule has 3 nitrogen and oxygen atoms in total. The molecule has 17 heavy (non-hydrogen) atoms. The van der Waals surface area contributed by atoms with E-state index in [1.165, 1.54) is 12.1 Å². The lowest BCUT2D eigenvalue weighted by atomic mass is 10.2. The van der Waals surface area contributed by atoms with Gasteiger partial charge in [0.1, 0.15) is 5.82 Å². The van der Waals surface area contributed by atoms with Crippen LogP contribution in [0.5, 0.6) is 0 Å². The molecule has 1 amide bonds. The van der Waals surface area contributed by atoms with E-state index in [0.717, 1.165) is 19.5 Å². The number of hydrogen-bond acceptors (Lipinski definition) is 2. The number of rotatable bonds is 1. The molecule has 2 rings (SSSR count). The van der Waals surface area contributed by atoms with Gasteiger partial charge in [0.2, 0.25) is 0 Å². The van der Waals surface area contributed by atoms with Crippen molar-refractivity contribution in [3.05, 3.63) is 34.6 Å². The van der Waals surface area contributed by atoms with Crippen LogP contribution in [0.1, 0.15) is 16.8 Å². The Hall–Kier alpha value is -1.13. The number of amides is 1. The fraction of sp³-hybridized carbons (Fsp3) is 0.417. The number of nitrogens with one attached hydrogen (secondary N) is 1. The summed E-state index contributed by atoms with van der Waals surface area (Å²) in [6.45, 7) is 3.06. The van der Waals surface area contributed by atoms with Crippen LogP contribution in [0.25, 0.3) is 0 Å². The van der Waals surface area contributed by atoms with Crippen LogP contribution in [0.4, 0.5) is 4.39 Å². The van der Waals surface area contributed by atoms with E-state index in [-0.39, 0.29) is 10.9 Å². The van der Waals surface area contributed by atoms with Gasteiger partial charge in [-0.1, -0.05) is 11.6 Å². The summed E-state index contributed by atoms with van der Waals surface area (Å²) in [7, 11) is 0. The van der Waals surface area contributed by atoms with Crippen LogP contribution in [0, 0.1) is 5.82 Å². The zero-order valence-corrected chi connectivity index (χ0v) is 10.1. The zero-order valence-electron chi connectivity index (χ0n) is 9.38. The second-order valence-electron chi connectivity index (χ2n) is 4.02. The van der Waals surface area contributed by atoms with Crippen molar-refractivity contribution in [1.82, 2.24) is 10.2 Å². The summed E-state index contributed by atoms with van der Waals surface area (Å²) in [5.41, 5.74) is 0.355. The third kappa shape index (κ3) is 2.96. The van der Waals surface area contributed by atoms with Crippen molar-refractivity contribution in [2.45, 2.75) is 6.42 Å². The Balaban J connectivity index is 2.14. The number of carbonyl (C=O) groups is 1. The van der Waals surface area contributed by atoms with Crippen molar-refractivity contribution in [3.8, 4) is 0 Å². The minimum Gasteiger partial charge on any atom is -0.337 e. The maximum Gasteiger partial charge on any atom is 0.254 e. The van der Waals surface area contributed by atoms with E-state index in [0.29, 0.717) is 18.7 Å². The molecule has 0 spiro atoms. The van der Waals surface area contributed by atoms with E-state index < -0.39 is 5.82 Å². The topological polar surface area (TPSA) is 32.3 Å². The normalized spacial score (nSPS) is 16.7. The van der Waals surface area contributed by atoms with Crippen LogP contribution in [0.2, 0.25) is 5.02 Å². The molecule has 1 aromatic carbocycles. The molecular formula is C12H14ClFN2O. The molecule has 1 aromatic rings. The lowest BCUT2D eigenvalue weighted by Gasteiger charge is -2.20.